The Morgan fingerprint density at radius 1 is 1.12 bits per heavy atom. The van der Waals surface area contributed by atoms with Crippen LogP contribution >= 0.6 is 22.6 Å². The van der Waals surface area contributed by atoms with Gasteiger partial charge in [-0.1, -0.05) is 66.7 Å². The maximum absolute atomic E-state index is 10.1. The third kappa shape index (κ3) is 2.41. The van der Waals surface area contributed by atoms with Crippen LogP contribution < -0.4 is 0 Å². The lowest BCUT2D eigenvalue weighted by atomic mass is 9.50. The highest BCUT2D eigenvalue weighted by Crippen LogP contribution is 2.65. The van der Waals surface area contributed by atoms with Crippen molar-refractivity contribution in [2.75, 3.05) is 4.43 Å². The van der Waals surface area contributed by atoms with Gasteiger partial charge in [-0.05, 0) is 79.4 Å². The normalized spacial score (nSPS) is 48.7. The lowest BCUT2D eigenvalue weighted by molar-refractivity contribution is 0.0364. The van der Waals surface area contributed by atoms with Gasteiger partial charge in [-0.15, -0.1) is 0 Å². The molecule has 0 saturated heterocycles. The molecule has 3 saturated carbocycles. The average Bonchev–Trinajstić information content (AvgIpc) is 2.92. The SMILES string of the molecule is C[C@H](CI)[C@H]1CCC2C3=CC=C4CC(O)CC[C@@]4(C)C3CC[C@@]21C. The summed E-state index contributed by atoms with van der Waals surface area (Å²) in [6, 6.07) is 0. The van der Waals surface area contributed by atoms with Gasteiger partial charge in [0.25, 0.3) is 0 Å². The van der Waals surface area contributed by atoms with Crippen LogP contribution in [-0.4, -0.2) is 15.6 Å². The van der Waals surface area contributed by atoms with E-state index in [0.717, 1.165) is 36.5 Å². The summed E-state index contributed by atoms with van der Waals surface area (Å²) < 4.78 is 1.30. The first kappa shape index (κ1) is 17.6. The number of rotatable bonds is 2. The van der Waals surface area contributed by atoms with Gasteiger partial charge in [0, 0.05) is 4.43 Å². The number of fused-ring (bicyclic) bond motifs is 5. The number of halogens is 1. The minimum absolute atomic E-state index is 0.103. The van der Waals surface area contributed by atoms with Crippen molar-refractivity contribution < 1.29 is 5.11 Å². The summed E-state index contributed by atoms with van der Waals surface area (Å²) >= 11 is 2.59. The van der Waals surface area contributed by atoms with E-state index in [-0.39, 0.29) is 6.10 Å². The van der Waals surface area contributed by atoms with E-state index in [2.05, 4.69) is 55.5 Å². The molecule has 0 radical (unpaired) electrons. The number of hydrogen-bond donors (Lipinski definition) is 1. The molecule has 24 heavy (non-hydrogen) atoms. The Kier molecular flexibility index (Phi) is 4.48. The summed E-state index contributed by atoms with van der Waals surface area (Å²) in [6.45, 7) is 7.60. The Morgan fingerprint density at radius 2 is 1.92 bits per heavy atom. The summed E-state index contributed by atoms with van der Waals surface area (Å²) in [5.41, 5.74) is 4.18. The van der Waals surface area contributed by atoms with Gasteiger partial charge in [0.2, 0.25) is 0 Å². The molecule has 0 aliphatic heterocycles. The quantitative estimate of drug-likeness (QED) is 0.418. The Bertz CT molecular complexity index is 579. The Labute approximate surface area is 161 Å². The zero-order valence-electron chi connectivity index (χ0n) is 15.5. The Morgan fingerprint density at radius 3 is 2.67 bits per heavy atom. The zero-order chi connectivity index (χ0) is 17.1. The van der Waals surface area contributed by atoms with Crippen molar-refractivity contribution in [3.63, 3.8) is 0 Å². The standard InChI is InChI=1S/C22H33IO/c1-14(13-23)18-6-7-19-17-5-4-15-12-16(24)8-10-21(15,2)20(17)9-11-22(18,19)3/h4-5,14,16,18-20,24H,6-13H2,1-3H3/t14-,16?,18-,19?,20?,21-,22-/m1/s1. The summed E-state index contributed by atoms with van der Waals surface area (Å²) in [7, 11) is 0. The lowest BCUT2D eigenvalue weighted by Crippen LogP contribution is -2.46. The molecule has 0 heterocycles. The van der Waals surface area contributed by atoms with E-state index in [0.29, 0.717) is 10.8 Å². The molecule has 4 aliphatic rings. The number of hydrogen-bond acceptors (Lipinski definition) is 1. The second-order valence-corrected chi connectivity index (χ2v) is 10.5. The Hall–Kier alpha value is 0.170. The van der Waals surface area contributed by atoms with E-state index >= 15 is 0 Å². The van der Waals surface area contributed by atoms with Crippen LogP contribution in [0.5, 0.6) is 0 Å². The van der Waals surface area contributed by atoms with E-state index in [1.807, 2.05) is 0 Å². The molecule has 0 amide bonds. The minimum atomic E-state index is -0.103. The number of aliphatic hydroxyl groups is 1. The number of alkyl halides is 1. The lowest BCUT2D eigenvalue weighted by Gasteiger charge is -2.55. The largest absolute Gasteiger partial charge is 0.393 e. The molecule has 3 fully saturated rings. The monoisotopic (exact) mass is 440 g/mol. The van der Waals surface area contributed by atoms with Crippen LogP contribution in [0, 0.1) is 34.5 Å². The van der Waals surface area contributed by atoms with Gasteiger partial charge < -0.3 is 5.11 Å². The smallest absolute Gasteiger partial charge is 0.0578 e. The summed E-state index contributed by atoms with van der Waals surface area (Å²) in [6.07, 6.45) is 13.5. The fourth-order valence-corrected chi connectivity index (χ4v) is 7.68. The molecule has 7 atom stereocenters. The molecule has 1 N–H and O–H groups in total. The van der Waals surface area contributed by atoms with Crippen molar-refractivity contribution in [2.24, 2.45) is 34.5 Å². The molecule has 0 aromatic heterocycles. The van der Waals surface area contributed by atoms with Crippen LogP contribution in [0.25, 0.3) is 0 Å². The molecule has 4 aliphatic carbocycles. The first-order valence-corrected chi connectivity index (χ1v) is 11.6. The zero-order valence-corrected chi connectivity index (χ0v) is 17.7. The van der Waals surface area contributed by atoms with Crippen LogP contribution in [0.4, 0.5) is 0 Å². The van der Waals surface area contributed by atoms with Gasteiger partial charge in [-0.2, -0.15) is 0 Å². The molecular formula is C22H33IO. The second-order valence-electron chi connectivity index (χ2n) is 9.64. The Balaban J connectivity index is 1.68. The van der Waals surface area contributed by atoms with Crippen LogP contribution in [0.15, 0.2) is 23.3 Å². The van der Waals surface area contributed by atoms with Gasteiger partial charge in [0.05, 0.1) is 6.10 Å². The van der Waals surface area contributed by atoms with Crippen LogP contribution in [-0.2, 0) is 0 Å². The van der Waals surface area contributed by atoms with E-state index in [1.54, 1.807) is 5.57 Å². The second kappa shape index (κ2) is 6.11. The topological polar surface area (TPSA) is 20.2 Å². The van der Waals surface area contributed by atoms with E-state index < -0.39 is 0 Å². The highest BCUT2D eigenvalue weighted by Gasteiger charge is 2.56. The van der Waals surface area contributed by atoms with Crippen molar-refractivity contribution >= 4 is 22.6 Å². The first-order valence-electron chi connectivity index (χ1n) is 10.1. The van der Waals surface area contributed by atoms with Crippen molar-refractivity contribution in [2.45, 2.75) is 71.8 Å². The minimum Gasteiger partial charge on any atom is -0.393 e. The van der Waals surface area contributed by atoms with E-state index in [9.17, 15) is 5.11 Å². The van der Waals surface area contributed by atoms with Gasteiger partial charge in [0.1, 0.15) is 0 Å². The predicted octanol–water partition coefficient (Wildman–Crippen LogP) is 5.92. The predicted molar refractivity (Wildman–Crippen MR) is 109 cm³/mol. The molecule has 134 valence electrons. The first-order chi connectivity index (χ1) is 11.4. The van der Waals surface area contributed by atoms with Crippen molar-refractivity contribution in [1.82, 2.24) is 0 Å². The highest BCUT2D eigenvalue weighted by molar-refractivity contribution is 14.1. The molecule has 4 rings (SSSR count). The third-order valence-electron chi connectivity index (χ3n) is 8.55. The summed E-state index contributed by atoms with van der Waals surface area (Å²) in [5, 5.41) is 10.1. The van der Waals surface area contributed by atoms with Crippen molar-refractivity contribution in [3.8, 4) is 0 Å². The molecule has 0 bridgehead atoms. The maximum atomic E-state index is 10.1. The van der Waals surface area contributed by atoms with Gasteiger partial charge in [-0.3, -0.25) is 0 Å². The van der Waals surface area contributed by atoms with Crippen LogP contribution in [0.1, 0.15) is 65.7 Å². The van der Waals surface area contributed by atoms with Crippen molar-refractivity contribution in [3.05, 3.63) is 23.3 Å². The third-order valence-corrected chi connectivity index (χ3v) is 9.94. The molecule has 0 aromatic rings. The van der Waals surface area contributed by atoms with E-state index in [1.165, 1.54) is 42.1 Å². The molecule has 0 spiro atoms. The molecule has 1 nitrogen and oxygen atoms in total. The molecule has 0 aromatic carbocycles. The van der Waals surface area contributed by atoms with Gasteiger partial charge >= 0.3 is 0 Å². The summed E-state index contributed by atoms with van der Waals surface area (Å²) in [5.74, 6) is 3.32. The molecular weight excluding hydrogens is 407 g/mol. The highest BCUT2D eigenvalue weighted by atomic mass is 127. The molecule has 3 unspecified atom stereocenters. The average molecular weight is 440 g/mol. The molecule has 2 heteroatoms. The van der Waals surface area contributed by atoms with Gasteiger partial charge in [0.15, 0.2) is 0 Å². The van der Waals surface area contributed by atoms with Crippen LogP contribution in [0.2, 0.25) is 0 Å². The fraction of sp³-hybridized carbons (Fsp3) is 0.818. The maximum Gasteiger partial charge on any atom is 0.0578 e. The van der Waals surface area contributed by atoms with Gasteiger partial charge in [-0.25, -0.2) is 0 Å². The summed E-state index contributed by atoms with van der Waals surface area (Å²) in [4.78, 5) is 0. The number of allylic oxidation sites excluding steroid dienone is 3. The number of aliphatic hydroxyl groups excluding tert-OH is 1. The van der Waals surface area contributed by atoms with E-state index in [4.69, 9.17) is 0 Å². The van der Waals surface area contributed by atoms with Crippen molar-refractivity contribution in [1.29, 1.82) is 0 Å². The fourth-order valence-electron chi connectivity index (χ4n) is 7.07. The van der Waals surface area contributed by atoms with Crippen LogP contribution in [0.3, 0.4) is 0 Å².